The largest absolute Gasteiger partial charge is 0.351 e. The molecule has 7 heteroatoms. The van der Waals surface area contributed by atoms with E-state index in [4.69, 9.17) is 16.6 Å². The maximum Gasteiger partial charge on any atom is 0.251 e. The van der Waals surface area contributed by atoms with Crippen LogP contribution in [0.3, 0.4) is 0 Å². The van der Waals surface area contributed by atoms with Crippen LogP contribution < -0.4 is 10.2 Å². The highest BCUT2D eigenvalue weighted by Crippen LogP contribution is 2.32. The van der Waals surface area contributed by atoms with Crippen molar-refractivity contribution in [2.75, 3.05) is 44.2 Å². The Morgan fingerprint density at radius 2 is 1.83 bits per heavy atom. The monoisotopic (exact) mass is 428 g/mol. The quantitative estimate of drug-likeness (QED) is 0.664. The van der Waals surface area contributed by atoms with E-state index in [-0.39, 0.29) is 5.91 Å². The summed E-state index contributed by atoms with van der Waals surface area (Å²) in [6.07, 6.45) is 0. The molecular formula is C22H25ClN4OS. The summed E-state index contributed by atoms with van der Waals surface area (Å²) in [6, 6.07) is 11.3. The standard InChI is InChI=1S/C22H25ClN4OS/c1-15-3-8-19-20(16(15)2)25-22(29-19)27-13-11-26(12-14-27)10-9-24-21(28)17-4-6-18(23)7-5-17/h3-8H,9-14H2,1-2H3,(H,24,28). The third-order valence-electron chi connectivity index (χ3n) is 5.54. The van der Waals surface area contributed by atoms with Crippen molar-refractivity contribution in [1.82, 2.24) is 15.2 Å². The molecule has 1 aromatic heterocycles. The molecule has 1 fully saturated rings. The highest BCUT2D eigenvalue weighted by Gasteiger charge is 2.20. The fourth-order valence-corrected chi connectivity index (χ4v) is 4.75. The number of aromatic nitrogens is 1. The molecule has 1 amide bonds. The van der Waals surface area contributed by atoms with Gasteiger partial charge in [-0.25, -0.2) is 4.98 Å². The van der Waals surface area contributed by atoms with Crippen LogP contribution in [0.25, 0.3) is 10.2 Å². The van der Waals surface area contributed by atoms with Gasteiger partial charge in [0.2, 0.25) is 0 Å². The van der Waals surface area contributed by atoms with E-state index in [1.807, 2.05) is 0 Å². The van der Waals surface area contributed by atoms with Gasteiger partial charge in [-0.3, -0.25) is 9.69 Å². The molecule has 0 bridgehead atoms. The lowest BCUT2D eigenvalue weighted by molar-refractivity contribution is 0.0948. The summed E-state index contributed by atoms with van der Waals surface area (Å²) in [5.74, 6) is -0.0551. The van der Waals surface area contributed by atoms with E-state index in [9.17, 15) is 4.79 Å². The summed E-state index contributed by atoms with van der Waals surface area (Å²) in [6.45, 7) is 9.66. The van der Waals surface area contributed by atoms with E-state index in [1.54, 1.807) is 35.6 Å². The molecule has 2 aromatic carbocycles. The van der Waals surface area contributed by atoms with Crippen LogP contribution in [0.4, 0.5) is 5.13 Å². The average Bonchev–Trinajstić information content (AvgIpc) is 3.17. The molecule has 3 aromatic rings. The van der Waals surface area contributed by atoms with Crippen LogP contribution in [0.2, 0.25) is 5.02 Å². The predicted octanol–water partition coefficient (Wildman–Crippen LogP) is 4.12. The second-order valence-corrected chi connectivity index (χ2v) is 8.89. The number of nitrogens with one attached hydrogen (secondary N) is 1. The fourth-order valence-electron chi connectivity index (χ4n) is 3.54. The third-order valence-corrected chi connectivity index (χ3v) is 6.87. The zero-order chi connectivity index (χ0) is 20.4. The predicted molar refractivity (Wildman–Crippen MR) is 122 cm³/mol. The second-order valence-electron chi connectivity index (χ2n) is 7.44. The topological polar surface area (TPSA) is 48.5 Å². The number of carbonyl (C=O) groups excluding carboxylic acids is 1. The first-order chi connectivity index (χ1) is 14.0. The van der Waals surface area contributed by atoms with Crippen LogP contribution in [0.15, 0.2) is 36.4 Å². The number of hydrogen-bond acceptors (Lipinski definition) is 5. The lowest BCUT2D eigenvalue weighted by Crippen LogP contribution is -2.48. The van der Waals surface area contributed by atoms with Gasteiger partial charge < -0.3 is 10.2 Å². The van der Waals surface area contributed by atoms with Crippen LogP contribution in [0.5, 0.6) is 0 Å². The van der Waals surface area contributed by atoms with Crippen molar-refractivity contribution in [3.8, 4) is 0 Å². The third kappa shape index (κ3) is 4.55. The minimum absolute atomic E-state index is 0.0551. The lowest BCUT2D eigenvalue weighted by Gasteiger charge is -2.34. The van der Waals surface area contributed by atoms with E-state index in [0.717, 1.165) is 43.4 Å². The normalized spacial score (nSPS) is 15.1. The van der Waals surface area contributed by atoms with Gasteiger partial charge in [-0.1, -0.05) is 29.0 Å². The van der Waals surface area contributed by atoms with Gasteiger partial charge in [-0.2, -0.15) is 0 Å². The number of benzene rings is 2. The van der Waals surface area contributed by atoms with Crippen LogP contribution >= 0.6 is 22.9 Å². The summed E-state index contributed by atoms with van der Waals surface area (Å²) in [7, 11) is 0. The Kier molecular flexibility index (Phi) is 6.04. The van der Waals surface area contributed by atoms with Gasteiger partial charge in [0.15, 0.2) is 5.13 Å². The summed E-state index contributed by atoms with van der Waals surface area (Å²) in [5.41, 5.74) is 4.35. The number of piperazine rings is 1. The van der Waals surface area contributed by atoms with E-state index < -0.39 is 0 Å². The van der Waals surface area contributed by atoms with Crippen molar-refractivity contribution in [1.29, 1.82) is 0 Å². The molecule has 5 nitrogen and oxygen atoms in total. The zero-order valence-corrected chi connectivity index (χ0v) is 18.3. The molecule has 2 heterocycles. The Morgan fingerprint density at radius 3 is 2.55 bits per heavy atom. The van der Waals surface area contributed by atoms with E-state index in [0.29, 0.717) is 17.1 Å². The molecule has 4 rings (SSSR count). The number of carbonyl (C=O) groups is 1. The number of nitrogens with zero attached hydrogens (tertiary/aromatic N) is 3. The first kappa shape index (κ1) is 20.1. The maximum atomic E-state index is 12.2. The van der Waals surface area contributed by atoms with E-state index >= 15 is 0 Å². The van der Waals surface area contributed by atoms with Gasteiger partial charge >= 0.3 is 0 Å². The number of fused-ring (bicyclic) bond motifs is 1. The zero-order valence-electron chi connectivity index (χ0n) is 16.7. The molecule has 0 aliphatic carbocycles. The molecule has 0 atom stereocenters. The summed E-state index contributed by atoms with van der Waals surface area (Å²) in [4.78, 5) is 21.9. The van der Waals surface area contributed by atoms with Crippen molar-refractivity contribution in [2.45, 2.75) is 13.8 Å². The van der Waals surface area contributed by atoms with Gasteiger partial charge in [0, 0.05) is 49.9 Å². The van der Waals surface area contributed by atoms with Gasteiger partial charge in [0.1, 0.15) is 0 Å². The number of anilines is 1. The molecule has 0 spiro atoms. The van der Waals surface area contributed by atoms with Crippen molar-refractivity contribution < 1.29 is 4.79 Å². The Balaban J connectivity index is 1.27. The minimum Gasteiger partial charge on any atom is -0.351 e. The highest BCUT2D eigenvalue weighted by atomic mass is 35.5. The van der Waals surface area contributed by atoms with Gasteiger partial charge in [0.05, 0.1) is 10.2 Å². The second kappa shape index (κ2) is 8.69. The first-order valence-electron chi connectivity index (χ1n) is 9.89. The van der Waals surface area contributed by atoms with Gasteiger partial charge in [-0.05, 0) is 55.3 Å². The van der Waals surface area contributed by atoms with Crippen molar-refractivity contribution >= 4 is 44.2 Å². The molecule has 1 N–H and O–H groups in total. The van der Waals surface area contributed by atoms with Crippen LogP contribution in [0.1, 0.15) is 21.5 Å². The summed E-state index contributed by atoms with van der Waals surface area (Å²) < 4.78 is 1.26. The minimum atomic E-state index is -0.0551. The van der Waals surface area contributed by atoms with Gasteiger partial charge in [0.25, 0.3) is 5.91 Å². The summed E-state index contributed by atoms with van der Waals surface area (Å²) >= 11 is 7.65. The number of thiazole rings is 1. The van der Waals surface area contributed by atoms with Crippen LogP contribution in [-0.2, 0) is 0 Å². The Hall–Kier alpha value is -2.15. The average molecular weight is 429 g/mol. The van der Waals surface area contributed by atoms with Gasteiger partial charge in [-0.15, -0.1) is 0 Å². The highest BCUT2D eigenvalue weighted by molar-refractivity contribution is 7.22. The Morgan fingerprint density at radius 1 is 1.10 bits per heavy atom. The van der Waals surface area contributed by atoms with E-state index in [1.165, 1.54) is 15.8 Å². The van der Waals surface area contributed by atoms with Crippen molar-refractivity contribution in [2.24, 2.45) is 0 Å². The summed E-state index contributed by atoms with van der Waals surface area (Å²) in [5, 5.41) is 4.74. The molecule has 1 aliphatic rings. The number of halogens is 1. The Labute approximate surface area is 180 Å². The number of aryl methyl sites for hydroxylation is 2. The van der Waals surface area contributed by atoms with Crippen molar-refractivity contribution in [3.63, 3.8) is 0 Å². The molecule has 0 unspecified atom stereocenters. The number of amides is 1. The molecule has 1 aliphatic heterocycles. The van der Waals surface area contributed by atoms with Crippen molar-refractivity contribution in [3.05, 3.63) is 58.1 Å². The van der Waals surface area contributed by atoms with Crippen LogP contribution in [-0.4, -0.2) is 55.1 Å². The molecular weight excluding hydrogens is 404 g/mol. The molecule has 152 valence electrons. The first-order valence-corrected chi connectivity index (χ1v) is 11.1. The maximum absolute atomic E-state index is 12.2. The molecule has 1 saturated heterocycles. The smallest absolute Gasteiger partial charge is 0.251 e. The van der Waals surface area contributed by atoms with E-state index in [2.05, 4.69) is 41.1 Å². The Bertz CT molecular complexity index is 1010. The number of hydrogen-bond donors (Lipinski definition) is 1. The fraction of sp³-hybridized carbons (Fsp3) is 0.364. The molecule has 0 radical (unpaired) electrons. The number of rotatable bonds is 5. The SMILES string of the molecule is Cc1ccc2sc(N3CCN(CCNC(=O)c4ccc(Cl)cc4)CC3)nc2c1C. The molecule has 29 heavy (non-hydrogen) atoms. The lowest BCUT2D eigenvalue weighted by atomic mass is 10.1. The van der Waals surface area contributed by atoms with Crippen LogP contribution in [0, 0.1) is 13.8 Å². The molecule has 0 saturated carbocycles.